The summed E-state index contributed by atoms with van der Waals surface area (Å²) < 4.78 is 10.8. The number of ether oxygens (including phenoxy) is 1. The number of nitrogens with two attached hydrogens (primary N) is 1. The maximum absolute atomic E-state index is 12.2. The summed E-state index contributed by atoms with van der Waals surface area (Å²) in [5.41, 5.74) is 6.07. The van der Waals surface area contributed by atoms with E-state index in [4.69, 9.17) is 14.9 Å². The van der Waals surface area contributed by atoms with E-state index < -0.39 is 17.4 Å². The zero-order valence-electron chi connectivity index (χ0n) is 12.1. The van der Waals surface area contributed by atoms with Gasteiger partial charge in [-0.1, -0.05) is 30.3 Å². The molecule has 7 heteroatoms. The fourth-order valence-corrected chi connectivity index (χ4v) is 2.83. The van der Waals surface area contributed by atoms with Crippen LogP contribution in [-0.2, 0) is 16.1 Å². The van der Waals surface area contributed by atoms with Gasteiger partial charge in [-0.25, -0.2) is 0 Å². The van der Waals surface area contributed by atoms with E-state index in [0.29, 0.717) is 10.3 Å². The highest BCUT2D eigenvalue weighted by Crippen LogP contribution is 2.22. The molecule has 23 heavy (non-hydrogen) atoms. The van der Waals surface area contributed by atoms with Crippen molar-refractivity contribution in [2.45, 2.75) is 12.5 Å². The number of aromatic nitrogens is 1. The van der Waals surface area contributed by atoms with Crippen molar-refractivity contribution in [1.82, 2.24) is 4.98 Å². The highest BCUT2D eigenvalue weighted by Gasteiger charge is 2.26. The number of nitrogens with zero attached hydrogens (tertiary/aromatic N) is 1. The van der Waals surface area contributed by atoms with Gasteiger partial charge in [0.1, 0.15) is 12.5 Å². The first-order valence-corrected chi connectivity index (χ1v) is 7.86. The summed E-state index contributed by atoms with van der Waals surface area (Å²) in [4.78, 5) is 28.4. The maximum Gasteiger partial charge on any atom is 0.320 e. The quantitative estimate of drug-likeness (QED) is 0.719. The summed E-state index contributed by atoms with van der Waals surface area (Å²) in [6.45, 7) is 0.0715. The largest absolute Gasteiger partial charge is 0.460 e. The van der Waals surface area contributed by atoms with Crippen molar-refractivity contribution in [3.63, 3.8) is 0 Å². The molecule has 0 spiro atoms. The molecule has 1 atom stereocenters. The summed E-state index contributed by atoms with van der Waals surface area (Å²) in [6.07, 6.45) is 0. The summed E-state index contributed by atoms with van der Waals surface area (Å²) in [6, 6.07) is 10.9. The summed E-state index contributed by atoms with van der Waals surface area (Å²) in [5, 5.41) is 2.12. The smallest absolute Gasteiger partial charge is 0.320 e. The minimum Gasteiger partial charge on any atom is -0.460 e. The summed E-state index contributed by atoms with van der Waals surface area (Å²) in [5.74, 6) is -1.48. The molecular weight excluding hydrogens is 316 g/mol. The second-order valence-electron chi connectivity index (χ2n) is 4.86. The number of hydrogen-bond acceptors (Lipinski definition) is 7. The molecule has 0 saturated carbocycles. The second-order valence-corrected chi connectivity index (χ2v) is 5.74. The number of hydrogen-bond donors (Lipinski definition) is 1. The number of carbonyl (C=O) groups excluding carboxylic acids is 1. The SMILES string of the molecule is NC[C@H](C(=O)OCc1ccccc1)c1nc(=O)c2ccsc2o1. The van der Waals surface area contributed by atoms with Crippen LogP contribution in [0.25, 0.3) is 10.3 Å². The lowest BCUT2D eigenvalue weighted by Crippen LogP contribution is -2.26. The molecule has 2 N–H and O–H groups in total. The van der Waals surface area contributed by atoms with E-state index in [1.807, 2.05) is 30.3 Å². The molecule has 0 saturated heterocycles. The van der Waals surface area contributed by atoms with Gasteiger partial charge >= 0.3 is 5.97 Å². The van der Waals surface area contributed by atoms with Gasteiger partial charge in [-0.2, -0.15) is 4.98 Å². The van der Waals surface area contributed by atoms with Crippen LogP contribution in [0.1, 0.15) is 17.4 Å². The van der Waals surface area contributed by atoms with Gasteiger partial charge in [-0.15, -0.1) is 11.3 Å². The molecule has 0 bridgehead atoms. The first-order valence-electron chi connectivity index (χ1n) is 6.98. The highest BCUT2D eigenvalue weighted by atomic mass is 32.1. The third-order valence-corrected chi connectivity index (χ3v) is 4.10. The van der Waals surface area contributed by atoms with Gasteiger partial charge in [-0.3, -0.25) is 9.59 Å². The molecule has 0 unspecified atom stereocenters. The van der Waals surface area contributed by atoms with Gasteiger partial charge in [-0.05, 0) is 17.0 Å². The van der Waals surface area contributed by atoms with E-state index in [-0.39, 0.29) is 19.0 Å². The van der Waals surface area contributed by atoms with Crippen molar-refractivity contribution in [2.75, 3.05) is 6.54 Å². The number of rotatable bonds is 5. The molecule has 3 rings (SSSR count). The number of fused-ring (bicyclic) bond motifs is 1. The maximum atomic E-state index is 12.2. The molecule has 0 aliphatic heterocycles. The zero-order chi connectivity index (χ0) is 16.2. The molecule has 3 aromatic rings. The zero-order valence-corrected chi connectivity index (χ0v) is 12.9. The molecular formula is C16H14N2O4S. The Morgan fingerprint density at radius 2 is 2.09 bits per heavy atom. The van der Waals surface area contributed by atoms with E-state index >= 15 is 0 Å². The van der Waals surface area contributed by atoms with Crippen LogP contribution >= 0.6 is 11.3 Å². The normalized spacial score (nSPS) is 12.2. The monoisotopic (exact) mass is 330 g/mol. The van der Waals surface area contributed by atoms with E-state index in [0.717, 1.165) is 5.56 Å². The molecule has 0 fully saturated rings. The Morgan fingerprint density at radius 1 is 1.30 bits per heavy atom. The topological polar surface area (TPSA) is 95.4 Å². The van der Waals surface area contributed by atoms with Crippen molar-refractivity contribution in [2.24, 2.45) is 5.73 Å². The van der Waals surface area contributed by atoms with Crippen LogP contribution in [0.2, 0.25) is 0 Å². The number of thiophene rings is 1. The number of carbonyl (C=O) groups is 1. The van der Waals surface area contributed by atoms with Crippen LogP contribution in [0.5, 0.6) is 0 Å². The minimum atomic E-state index is -0.905. The van der Waals surface area contributed by atoms with E-state index in [9.17, 15) is 9.59 Å². The van der Waals surface area contributed by atoms with Crippen molar-refractivity contribution in [3.05, 3.63) is 63.6 Å². The van der Waals surface area contributed by atoms with Gasteiger partial charge in [0.15, 0.2) is 4.90 Å². The van der Waals surface area contributed by atoms with Crippen molar-refractivity contribution < 1.29 is 13.9 Å². The Labute approximate surface area is 135 Å². The van der Waals surface area contributed by atoms with Gasteiger partial charge in [0.2, 0.25) is 5.89 Å². The van der Waals surface area contributed by atoms with Gasteiger partial charge in [0.05, 0.1) is 5.39 Å². The molecule has 2 aromatic heterocycles. The first-order chi connectivity index (χ1) is 11.2. The predicted molar refractivity (Wildman–Crippen MR) is 86.2 cm³/mol. The molecule has 6 nitrogen and oxygen atoms in total. The van der Waals surface area contributed by atoms with Crippen LogP contribution in [0.3, 0.4) is 0 Å². The Kier molecular flexibility index (Phi) is 4.50. The molecule has 0 aliphatic rings. The van der Waals surface area contributed by atoms with Crippen LogP contribution < -0.4 is 11.3 Å². The Bertz CT molecular complexity index is 872. The van der Waals surface area contributed by atoms with E-state index in [1.54, 1.807) is 11.4 Å². The van der Waals surface area contributed by atoms with Crippen LogP contribution in [0.4, 0.5) is 0 Å². The first kappa shape index (κ1) is 15.4. The van der Waals surface area contributed by atoms with Crippen molar-refractivity contribution in [3.8, 4) is 0 Å². The highest BCUT2D eigenvalue weighted by molar-refractivity contribution is 7.16. The Balaban J connectivity index is 1.80. The number of benzene rings is 1. The van der Waals surface area contributed by atoms with Gasteiger partial charge < -0.3 is 14.9 Å². The van der Waals surface area contributed by atoms with Gasteiger partial charge in [0.25, 0.3) is 5.56 Å². The fraction of sp³-hybridized carbons (Fsp3) is 0.188. The fourth-order valence-electron chi connectivity index (χ4n) is 2.09. The third-order valence-electron chi connectivity index (χ3n) is 3.31. The molecule has 118 valence electrons. The molecule has 2 heterocycles. The number of esters is 1. The lowest BCUT2D eigenvalue weighted by atomic mass is 10.1. The van der Waals surface area contributed by atoms with Crippen LogP contribution in [0.15, 0.2) is 51.0 Å². The Morgan fingerprint density at radius 3 is 2.83 bits per heavy atom. The summed E-state index contributed by atoms with van der Waals surface area (Å²) in [7, 11) is 0. The summed E-state index contributed by atoms with van der Waals surface area (Å²) >= 11 is 1.27. The molecule has 0 amide bonds. The lowest BCUT2D eigenvalue weighted by Gasteiger charge is -2.12. The second kappa shape index (κ2) is 6.72. The van der Waals surface area contributed by atoms with Gasteiger partial charge in [0, 0.05) is 6.54 Å². The average Bonchev–Trinajstić information content (AvgIpc) is 3.04. The van der Waals surface area contributed by atoms with Crippen LogP contribution in [-0.4, -0.2) is 17.5 Å². The van der Waals surface area contributed by atoms with Crippen molar-refractivity contribution >= 4 is 27.6 Å². The molecule has 1 aromatic carbocycles. The van der Waals surface area contributed by atoms with E-state index in [1.165, 1.54) is 11.3 Å². The average molecular weight is 330 g/mol. The Hall–Kier alpha value is -2.51. The third kappa shape index (κ3) is 3.30. The van der Waals surface area contributed by atoms with Crippen LogP contribution in [0, 0.1) is 0 Å². The molecule has 0 radical (unpaired) electrons. The molecule has 0 aliphatic carbocycles. The van der Waals surface area contributed by atoms with E-state index in [2.05, 4.69) is 4.98 Å². The lowest BCUT2D eigenvalue weighted by molar-refractivity contribution is -0.147. The predicted octanol–water partition coefficient (Wildman–Crippen LogP) is 2.04. The van der Waals surface area contributed by atoms with Crippen molar-refractivity contribution in [1.29, 1.82) is 0 Å². The standard InChI is InChI=1S/C16H14N2O4S/c17-8-12(15(20)21-9-10-4-2-1-3-5-10)14-18-13(19)11-6-7-23-16(11)22-14/h1-7,12H,8-9,17H2/t12-/m0/s1. The minimum absolute atomic E-state index is 0.00879.